The van der Waals surface area contributed by atoms with E-state index in [4.69, 9.17) is 9.47 Å². The second-order valence-corrected chi connectivity index (χ2v) is 6.52. The van der Waals surface area contributed by atoms with Gasteiger partial charge in [-0.1, -0.05) is 29.2 Å². The molecule has 0 radical (unpaired) electrons. The molecule has 26 heavy (non-hydrogen) atoms. The molecule has 1 heterocycles. The van der Waals surface area contributed by atoms with Gasteiger partial charge in [0.2, 0.25) is 0 Å². The van der Waals surface area contributed by atoms with Gasteiger partial charge in [0.1, 0.15) is 6.10 Å². The molecule has 1 N–H and O–H groups in total. The first-order valence-electron chi connectivity index (χ1n) is 8.28. The fraction of sp³-hybridized carbons (Fsp3) is 0.556. The van der Waals surface area contributed by atoms with E-state index in [-0.39, 0.29) is 5.56 Å². The minimum Gasteiger partial charge on any atom is -0.376 e. The van der Waals surface area contributed by atoms with Gasteiger partial charge in [-0.2, -0.15) is 13.2 Å². The Hall–Kier alpha value is -1.95. The molecule has 1 aliphatic carbocycles. The highest BCUT2D eigenvalue weighted by Gasteiger charge is 2.46. The molecule has 3 rings (SSSR count). The quantitative estimate of drug-likeness (QED) is 0.639. The largest absolute Gasteiger partial charge is 0.416 e. The third kappa shape index (κ3) is 3.90. The van der Waals surface area contributed by atoms with E-state index in [9.17, 15) is 23.2 Å². The van der Waals surface area contributed by atoms with Crippen LogP contribution in [0.3, 0.4) is 0 Å². The van der Waals surface area contributed by atoms with Gasteiger partial charge >= 0.3 is 6.18 Å². The van der Waals surface area contributed by atoms with Crippen LogP contribution >= 0.6 is 0 Å². The molecule has 0 aromatic heterocycles. The van der Waals surface area contributed by atoms with Crippen molar-refractivity contribution in [2.45, 2.75) is 49.3 Å². The molecule has 1 saturated carbocycles. The highest BCUT2D eigenvalue weighted by molar-refractivity contribution is 5.32. The summed E-state index contributed by atoms with van der Waals surface area (Å²) in [7, 11) is 0. The Morgan fingerprint density at radius 1 is 1.08 bits per heavy atom. The lowest BCUT2D eigenvalue weighted by Crippen LogP contribution is -2.41. The fourth-order valence-corrected chi connectivity index (χ4v) is 3.21. The van der Waals surface area contributed by atoms with Gasteiger partial charge in [0, 0.05) is 12.8 Å². The molecule has 1 atom stereocenters. The van der Waals surface area contributed by atoms with Gasteiger partial charge in [-0.25, -0.2) is 0 Å². The molecule has 1 unspecified atom stereocenters. The number of hydrogen-bond acceptors (Lipinski definition) is 5. The van der Waals surface area contributed by atoms with E-state index in [2.05, 4.69) is 17.0 Å². The maximum absolute atomic E-state index is 12.6. The number of aliphatic hydroxyl groups is 1. The van der Waals surface area contributed by atoms with E-state index >= 15 is 0 Å². The summed E-state index contributed by atoms with van der Waals surface area (Å²) in [5, 5.41) is 13.3. The molecule has 1 saturated heterocycles. The van der Waals surface area contributed by atoms with Crippen molar-refractivity contribution in [1.29, 1.82) is 0 Å². The van der Waals surface area contributed by atoms with E-state index in [1.165, 1.54) is 12.1 Å². The zero-order chi connectivity index (χ0) is 18.8. The summed E-state index contributed by atoms with van der Waals surface area (Å²) in [6.45, 7) is 1.03. The minimum absolute atomic E-state index is 0.223. The maximum atomic E-state index is 12.6. The highest BCUT2D eigenvalue weighted by Crippen LogP contribution is 2.41. The van der Waals surface area contributed by atoms with Crippen LogP contribution in [-0.2, 0) is 15.7 Å². The van der Waals surface area contributed by atoms with Crippen molar-refractivity contribution in [3.05, 3.63) is 40.3 Å². The summed E-state index contributed by atoms with van der Waals surface area (Å²) < 4.78 is 48.9. The molecule has 1 aromatic carbocycles. The third-order valence-corrected chi connectivity index (χ3v) is 4.82. The Bertz CT molecular complexity index is 705. The average molecular weight is 369 g/mol. The molecule has 2 aliphatic rings. The molecule has 0 amide bonds. The van der Waals surface area contributed by atoms with Crippen LogP contribution in [-0.4, -0.2) is 29.6 Å². The molecular weight excluding hydrogens is 351 g/mol. The van der Waals surface area contributed by atoms with Gasteiger partial charge in [0.15, 0.2) is 11.3 Å². The van der Waals surface area contributed by atoms with E-state index in [0.29, 0.717) is 38.9 Å². The summed E-state index contributed by atoms with van der Waals surface area (Å²) in [5.74, 6) is 4.60. The van der Waals surface area contributed by atoms with Gasteiger partial charge in [-0.3, -0.25) is 0 Å². The predicted molar refractivity (Wildman–Crippen MR) is 85.8 cm³/mol. The number of nitrogens with zero attached hydrogens (tertiary/aromatic N) is 1. The fourth-order valence-electron chi connectivity index (χ4n) is 3.21. The molecule has 8 heteroatoms. The Morgan fingerprint density at radius 3 is 2.15 bits per heavy atom. The predicted octanol–water partition coefficient (Wildman–Crippen LogP) is 3.56. The van der Waals surface area contributed by atoms with Gasteiger partial charge in [-0.15, -0.1) is 4.91 Å². The molecule has 1 aromatic rings. The number of benzene rings is 1. The second-order valence-electron chi connectivity index (χ2n) is 6.52. The summed E-state index contributed by atoms with van der Waals surface area (Å²) in [5.41, 5.74) is -1.73. The Balaban J connectivity index is 1.69. The summed E-state index contributed by atoms with van der Waals surface area (Å²) in [4.78, 5) is 11.3. The first-order valence-corrected chi connectivity index (χ1v) is 8.28. The topological polar surface area (TPSA) is 68.1 Å². The van der Waals surface area contributed by atoms with Crippen molar-refractivity contribution in [3.8, 4) is 11.8 Å². The summed E-state index contributed by atoms with van der Waals surface area (Å²) in [6.07, 6.45) is -4.12. The molecule has 140 valence electrons. The van der Waals surface area contributed by atoms with Gasteiger partial charge in [0.05, 0.1) is 18.8 Å². The number of nitroso groups, excluding NO2 is 1. The molecule has 2 fully saturated rings. The molecular formula is C18H18F3NO4. The summed E-state index contributed by atoms with van der Waals surface area (Å²) >= 11 is 0. The average Bonchev–Trinajstić information content (AvgIpc) is 3.09. The van der Waals surface area contributed by atoms with Gasteiger partial charge in [-0.05, 0) is 30.5 Å². The Kier molecular flexibility index (Phi) is 5.06. The van der Waals surface area contributed by atoms with Crippen LogP contribution < -0.4 is 0 Å². The van der Waals surface area contributed by atoms with Crippen LogP contribution in [0.5, 0.6) is 0 Å². The number of aliphatic hydroxyl groups excluding tert-OH is 1. The molecule has 1 spiro atoms. The number of halogens is 3. The molecule has 1 aliphatic heterocycles. The SMILES string of the molecule is O=NC1(C#CC(O)c2ccc(C(F)(F)F)cc2)CCC2(CC1)OCCO2. The number of rotatable bonds is 2. The lowest BCUT2D eigenvalue weighted by molar-refractivity contribution is -0.181. The van der Waals surface area contributed by atoms with Crippen molar-refractivity contribution in [2.24, 2.45) is 5.18 Å². The van der Waals surface area contributed by atoms with Crippen molar-refractivity contribution < 1.29 is 27.8 Å². The molecule has 0 bridgehead atoms. The van der Waals surface area contributed by atoms with Crippen LogP contribution in [0.4, 0.5) is 13.2 Å². The standard InChI is InChI=1S/C18H18F3NO4/c19-18(20,21)14-3-1-13(2-4-14)15(23)5-6-16(22-24)7-9-17(10-8-16)25-11-12-26-17/h1-4,15,23H,7-12H2. The zero-order valence-corrected chi connectivity index (χ0v) is 13.9. The van der Waals surface area contributed by atoms with Crippen LogP contribution in [0.1, 0.15) is 42.9 Å². The zero-order valence-electron chi connectivity index (χ0n) is 13.9. The third-order valence-electron chi connectivity index (χ3n) is 4.82. The monoisotopic (exact) mass is 369 g/mol. The number of alkyl halides is 3. The van der Waals surface area contributed by atoms with Crippen LogP contribution in [0.15, 0.2) is 29.4 Å². The highest BCUT2D eigenvalue weighted by atomic mass is 19.4. The maximum Gasteiger partial charge on any atom is 0.416 e. The van der Waals surface area contributed by atoms with Crippen molar-refractivity contribution >= 4 is 0 Å². The lowest BCUT2D eigenvalue weighted by Gasteiger charge is -2.37. The van der Waals surface area contributed by atoms with E-state index in [1.807, 2.05) is 0 Å². The van der Waals surface area contributed by atoms with Crippen molar-refractivity contribution in [3.63, 3.8) is 0 Å². The lowest BCUT2D eigenvalue weighted by atomic mass is 9.79. The van der Waals surface area contributed by atoms with Gasteiger partial charge < -0.3 is 14.6 Å². The van der Waals surface area contributed by atoms with Crippen LogP contribution in [0, 0.1) is 16.7 Å². The Labute approximate surface area is 148 Å². The second kappa shape index (κ2) is 6.99. The Morgan fingerprint density at radius 2 is 1.65 bits per heavy atom. The number of ether oxygens (including phenoxy) is 2. The number of hydrogen-bond donors (Lipinski definition) is 1. The van der Waals surface area contributed by atoms with Crippen LogP contribution in [0.25, 0.3) is 0 Å². The van der Waals surface area contributed by atoms with Gasteiger partial charge in [0.25, 0.3) is 0 Å². The van der Waals surface area contributed by atoms with E-state index in [0.717, 1.165) is 12.1 Å². The summed E-state index contributed by atoms with van der Waals surface area (Å²) in [6, 6.07) is 4.10. The van der Waals surface area contributed by atoms with Crippen LogP contribution in [0.2, 0.25) is 0 Å². The minimum atomic E-state index is -4.44. The van der Waals surface area contributed by atoms with Crippen molar-refractivity contribution in [2.75, 3.05) is 13.2 Å². The van der Waals surface area contributed by atoms with E-state index < -0.39 is 29.2 Å². The first-order chi connectivity index (χ1) is 12.3. The first kappa shape index (κ1) is 18.8. The van der Waals surface area contributed by atoms with E-state index in [1.54, 1.807) is 0 Å². The normalized spacial score (nSPS) is 22.5. The molecule has 5 nitrogen and oxygen atoms in total. The smallest absolute Gasteiger partial charge is 0.376 e. The van der Waals surface area contributed by atoms with Crippen molar-refractivity contribution in [1.82, 2.24) is 0 Å².